The molecular weight excluding hydrogens is 370 g/mol. The molecule has 5 heteroatoms. The van der Waals surface area contributed by atoms with Crippen LogP contribution in [0.1, 0.15) is 37.0 Å². The second-order valence-corrected chi connectivity index (χ2v) is 8.26. The SMILES string of the molecule is COc1cccc(C(=O)N[C@@H](CSc2ccccc2)C[C@@H](CC=O)C(C)C)c1. The molecule has 0 radical (unpaired) electrons. The first-order valence-corrected chi connectivity index (χ1v) is 10.6. The number of thioether (sulfide) groups is 1. The van der Waals surface area contributed by atoms with Crippen LogP contribution in [-0.2, 0) is 4.79 Å². The summed E-state index contributed by atoms with van der Waals surface area (Å²) in [6, 6.07) is 17.3. The summed E-state index contributed by atoms with van der Waals surface area (Å²) in [7, 11) is 1.59. The summed E-state index contributed by atoms with van der Waals surface area (Å²) in [5, 5.41) is 3.17. The highest BCUT2D eigenvalue weighted by Gasteiger charge is 2.22. The molecule has 1 N–H and O–H groups in total. The Morgan fingerprint density at radius 1 is 1.14 bits per heavy atom. The Balaban J connectivity index is 2.11. The van der Waals surface area contributed by atoms with Gasteiger partial charge in [0.2, 0.25) is 0 Å². The number of ether oxygens (including phenoxy) is 1. The van der Waals surface area contributed by atoms with Gasteiger partial charge < -0.3 is 14.8 Å². The molecule has 0 bridgehead atoms. The van der Waals surface area contributed by atoms with Gasteiger partial charge in [-0.1, -0.05) is 38.1 Å². The normalized spacial score (nSPS) is 13.0. The Hall–Kier alpha value is -2.27. The maximum absolute atomic E-state index is 12.8. The molecule has 0 heterocycles. The molecule has 1 amide bonds. The van der Waals surface area contributed by atoms with E-state index >= 15 is 0 Å². The van der Waals surface area contributed by atoms with Crippen molar-refractivity contribution in [1.82, 2.24) is 5.32 Å². The number of carbonyl (C=O) groups excluding carboxylic acids is 2. The van der Waals surface area contributed by atoms with Crippen LogP contribution in [0.3, 0.4) is 0 Å². The third kappa shape index (κ3) is 7.04. The quantitative estimate of drug-likeness (QED) is 0.434. The standard InChI is InChI=1S/C23H29NO3S/c1-17(2)18(12-13-25)14-20(16-28-22-10-5-4-6-11-22)24-23(26)19-8-7-9-21(15-19)27-3/h4-11,13,15,17-18,20H,12,14,16H2,1-3H3,(H,24,26)/t18-,20-/m1/s1. The minimum atomic E-state index is -0.119. The summed E-state index contributed by atoms with van der Waals surface area (Å²) in [6.07, 6.45) is 2.26. The van der Waals surface area contributed by atoms with Crippen LogP contribution in [0.4, 0.5) is 0 Å². The van der Waals surface area contributed by atoms with Gasteiger partial charge in [-0.05, 0) is 48.6 Å². The van der Waals surface area contributed by atoms with Crippen molar-refractivity contribution in [2.24, 2.45) is 11.8 Å². The van der Waals surface area contributed by atoms with Gasteiger partial charge in [-0.25, -0.2) is 0 Å². The van der Waals surface area contributed by atoms with Crippen molar-refractivity contribution < 1.29 is 14.3 Å². The monoisotopic (exact) mass is 399 g/mol. The summed E-state index contributed by atoms with van der Waals surface area (Å²) in [5.74, 6) is 1.91. The van der Waals surface area contributed by atoms with Gasteiger partial charge in [-0.15, -0.1) is 11.8 Å². The van der Waals surface area contributed by atoms with Crippen molar-refractivity contribution >= 4 is 24.0 Å². The number of amides is 1. The van der Waals surface area contributed by atoms with Gasteiger partial charge in [0.05, 0.1) is 7.11 Å². The van der Waals surface area contributed by atoms with Crippen LogP contribution in [0.2, 0.25) is 0 Å². The first-order chi connectivity index (χ1) is 13.5. The van der Waals surface area contributed by atoms with Crippen LogP contribution < -0.4 is 10.1 Å². The first kappa shape index (κ1) is 22.0. The zero-order valence-electron chi connectivity index (χ0n) is 16.8. The molecule has 150 valence electrons. The molecule has 0 unspecified atom stereocenters. The van der Waals surface area contributed by atoms with Gasteiger partial charge >= 0.3 is 0 Å². The Bertz CT molecular complexity index is 749. The lowest BCUT2D eigenvalue weighted by atomic mass is 9.87. The van der Waals surface area contributed by atoms with E-state index in [1.54, 1.807) is 31.0 Å². The fraction of sp³-hybridized carbons (Fsp3) is 0.391. The highest BCUT2D eigenvalue weighted by atomic mass is 32.2. The van der Waals surface area contributed by atoms with Gasteiger partial charge in [-0.2, -0.15) is 0 Å². The number of carbonyl (C=O) groups is 2. The third-order valence-corrected chi connectivity index (χ3v) is 5.97. The predicted octanol–water partition coefficient (Wildman–Crippen LogP) is 4.84. The van der Waals surface area contributed by atoms with Gasteiger partial charge in [0, 0.05) is 28.7 Å². The van der Waals surface area contributed by atoms with Crippen molar-refractivity contribution in [2.75, 3.05) is 12.9 Å². The molecule has 0 aromatic heterocycles. The number of benzene rings is 2. The maximum atomic E-state index is 12.8. The molecular formula is C23H29NO3S. The molecule has 2 atom stereocenters. The molecule has 0 aliphatic carbocycles. The lowest BCUT2D eigenvalue weighted by molar-refractivity contribution is -0.109. The van der Waals surface area contributed by atoms with Crippen LogP contribution in [0, 0.1) is 11.8 Å². The molecule has 0 fully saturated rings. The molecule has 2 aromatic rings. The topological polar surface area (TPSA) is 55.4 Å². The number of methoxy groups -OCH3 is 1. The van der Waals surface area contributed by atoms with Crippen LogP contribution in [0.15, 0.2) is 59.5 Å². The summed E-state index contributed by atoms with van der Waals surface area (Å²) in [5.41, 5.74) is 0.575. The molecule has 0 saturated carbocycles. The number of nitrogens with one attached hydrogen (secondary N) is 1. The van der Waals surface area contributed by atoms with E-state index in [-0.39, 0.29) is 17.9 Å². The maximum Gasteiger partial charge on any atom is 0.251 e. The first-order valence-electron chi connectivity index (χ1n) is 9.59. The Morgan fingerprint density at radius 2 is 1.89 bits per heavy atom. The van der Waals surface area contributed by atoms with Gasteiger partial charge in [0.1, 0.15) is 12.0 Å². The highest BCUT2D eigenvalue weighted by Crippen LogP contribution is 2.25. The van der Waals surface area contributed by atoms with E-state index < -0.39 is 0 Å². The smallest absolute Gasteiger partial charge is 0.251 e. The summed E-state index contributed by atoms with van der Waals surface area (Å²) in [6.45, 7) is 4.25. The third-order valence-electron chi connectivity index (χ3n) is 4.79. The van der Waals surface area contributed by atoms with E-state index in [4.69, 9.17) is 4.74 Å². The molecule has 28 heavy (non-hydrogen) atoms. The molecule has 0 aliphatic heterocycles. The van der Waals surface area contributed by atoms with Gasteiger partial charge in [-0.3, -0.25) is 4.79 Å². The zero-order valence-corrected chi connectivity index (χ0v) is 17.6. The van der Waals surface area contributed by atoms with E-state index in [1.807, 2.05) is 30.3 Å². The second kappa shape index (κ2) is 11.5. The highest BCUT2D eigenvalue weighted by molar-refractivity contribution is 7.99. The van der Waals surface area contributed by atoms with Crippen LogP contribution in [0.5, 0.6) is 5.75 Å². The molecule has 0 saturated heterocycles. The summed E-state index contributed by atoms with van der Waals surface area (Å²) < 4.78 is 5.22. The zero-order chi connectivity index (χ0) is 20.4. The Labute approximate surface area is 172 Å². The molecule has 0 spiro atoms. The number of hydrogen-bond acceptors (Lipinski definition) is 4. The fourth-order valence-corrected chi connectivity index (χ4v) is 4.01. The average molecular weight is 400 g/mol. The minimum Gasteiger partial charge on any atom is -0.497 e. The largest absolute Gasteiger partial charge is 0.497 e. The van der Waals surface area contributed by atoms with Crippen LogP contribution in [-0.4, -0.2) is 31.1 Å². The van der Waals surface area contributed by atoms with E-state index in [1.165, 1.54) is 4.90 Å². The van der Waals surface area contributed by atoms with Gasteiger partial charge in [0.25, 0.3) is 5.91 Å². The molecule has 4 nitrogen and oxygen atoms in total. The van der Waals surface area contributed by atoms with Crippen molar-refractivity contribution in [2.45, 2.75) is 37.6 Å². The van der Waals surface area contributed by atoms with Crippen molar-refractivity contribution in [3.05, 3.63) is 60.2 Å². The Morgan fingerprint density at radius 3 is 2.54 bits per heavy atom. The lowest BCUT2D eigenvalue weighted by Crippen LogP contribution is -2.39. The van der Waals surface area contributed by atoms with E-state index in [9.17, 15) is 9.59 Å². The minimum absolute atomic E-state index is 0.0312. The van der Waals surface area contributed by atoms with E-state index in [0.717, 1.165) is 18.5 Å². The molecule has 0 aliphatic rings. The average Bonchev–Trinajstić information content (AvgIpc) is 2.72. The molecule has 2 rings (SSSR count). The lowest BCUT2D eigenvalue weighted by Gasteiger charge is -2.26. The summed E-state index contributed by atoms with van der Waals surface area (Å²) in [4.78, 5) is 25.1. The van der Waals surface area contributed by atoms with Crippen molar-refractivity contribution in [1.29, 1.82) is 0 Å². The Kier molecular flexibility index (Phi) is 9.08. The van der Waals surface area contributed by atoms with Crippen molar-refractivity contribution in [3.63, 3.8) is 0 Å². The van der Waals surface area contributed by atoms with E-state index in [2.05, 4.69) is 31.3 Å². The van der Waals surface area contributed by atoms with Gasteiger partial charge in [0.15, 0.2) is 0 Å². The number of rotatable bonds is 11. The second-order valence-electron chi connectivity index (χ2n) is 7.17. The van der Waals surface area contributed by atoms with Crippen molar-refractivity contribution in [3.8, 4) is 5.75 Å². The predicted molar refractivity (Wildman–Crippen MR) is 115 cm³/mol. The van der Waals surface area contributed by atoms with E-state index in [0.29, 0.717) is 23.7 Å². The van der Waals surface area contributed by atoms with Crippen LogP contribution in [0.25, 0.3) is 0 Å². The summed E-state index contributed by atoms with van der Waals surface area (Å²) >= 11 is 1.72. The number of aldehydes is 1. The fourth-order valence-electron chi connectivity index (χ4n) is 3.04. The van der Waals surface area contributed by atoms with Crippen LogP contribution >= 0.6 is 11.8 Å². The number of hydrogen-bond donors (Lipinski definition) is 1. The molecule has 2 aromatic carbocycles.